The number of nitrogens with zero attached hydrogens (tertiary/aromatic N) is 3. The monoisotopic (exact) mass is 460 g/mol. The van der Waals surface area contributed by atoms with Crippen molar-refractivity contribution < 1.29 is 9.53 Å². The summed E-state index contributed by atoms with van der Waals surface area (Å²) in [7, 11) is 1.88. The first-order chi connectivity index (χ1) is 13.4. The first-order valence-electron chi connectivity index (χ1n) is 8.74. The first-order valence-corrected chi connectivity index (χ1v) is 10.5. The number of amides is 1. The zero-order valence-corrected chi connectivity index (χ0v) is 18.3. The molecule has 1 amide bonds. The number of para-hydroxylation sites is 1. The molecule has 28 heavy (non-hydrogen) atoms. The summed E-state index contributed by atoms with van der Waals surface area (Å²) in [4.78, 5) is 12.2. The summed E-state index contributed by atoms with van der Waals surface area (Å²) in [6.07, 6.45) is -0.260. The predicted molar refractivity (Wildman–Crippen MR) is 115 cm³/mol. The Morgan fingerprint density at radius 2 is 1.93 bits per heavy atom. The normalized spacial score (nSPS) is 11.9. The van der Waals surface area contributed by atoms with Crippen LogP contribution in [0.25, 0.3) is 0 Å². The number of anilines is 1. The second-order valence-corrected chi connectivity index (χ2v) is 8.13. The molecule has 3 aromatic rings. The number of nitrogens with one attached hydrogen (secondary N) is 1. The van der Waals surface area contributed by atoms with Crippen molar-refractivity contribution in [3.63, 3.8) is 0 Å². The molecule has 146 valence electrons. The van der Waals surface area contributed by atoms with E-state index in [4.69, 9.17) is 4.74 Å². The van der Waals surface area contributed by atoms with Gasteiger partial charge in [-0.25, -0.2) is 0 Å². The van der Waals surface area contributed by atoms with E-state index in [1.54, 1.807) is 0 Å². The van der Waals surface area contributed by atoms with E-state index in [0.717, 1.165) is 21.5 Å². The Hall–Kier alpha value is -2.32. The van der Waals surface area contributed by atoms with Crippen LogP contribution < -0.4 is 10.1 Å². The topological polar surface area (TPSA) is 69.0 Å². The molecule has 0 aliphatic carbocycles. The van der Waals surface area contributed by atoms with Gasteiger partial charge in [-0.15, -0.1) is 10.2 Å². The van der Waals surface area contributed by atoms with E-state index in [-0.39, 0.29) is 17.8 Å². The third-order valence-corrected chi connectivity index (χ3v) is 5.64. The summed E-state index contributed by atoms with van der Waals surface area (Å²) >= 11 is 4.71. The highest BCUT2D eigenvalue weighted by atomic mass is 79.9. The number of ether oxygens (including phenoxy) is 1. The van der Waals surface area contributed by atoms with Crippen molar-refractivity contribution in [2.24, 2.45) is 7.05 Å². The minimum atomic E-state index is -0.260. The maximum absolute atomic E-state index is 12.2. The van der Waals surface area contributed by atoms with E-state index < -0.39 is 0 Å². The summed E-state index contributed by atoms with van der Waals surface area (Å²) in [6.45, 7) is 3.94. The summed E-state index contributed by atoms with van der Waals surface area (Å²) in [5.41, 5.74) is 1.82. The van der Waals surface area contributed by atoms with Crippen LogP contribution in [0.15, 0.2) is 58.2 Å². The van der Waals surface area contributed by atoms with Crippen molar-refractivity contribution in [2.45, 2.75) is 25.1 Å². The van der Waals surface area contributed by atoms with Crippen LogP contribution in [0.3, 0.4) is 0 Å². The number of hydrogen-bond acceptors (Lipinski definition) is 5. The highest BCUT2D eigenvalue weighted by Crippen LogP contribution is 2.25. The van der Waals surface area contributed by atoms with Gasteiger partial charge in [-0.2, -0.15) is 0 Å². The van der Waals surface area contributed by atoms with Crippen molar-refractivity contribution in [3.05, 3.63) is 64.4 Å². The number of rotatable bonds is 7. The number of aryl methyl sites for hydroxylation is 1. The molecule has 1 heterocycles. The molecule has 2 aromatic carbocycles. The molecule has 0 spiro atoms. The molecular weight excluding hydrogens is 440 g/mol. The molecule has 1 atom stereocenters. The number of carbonyl (C=O) groups excluding carboxylic acids is 1. The van der Waals surface area contributed by atoms with Crippen LogP contribution in [-0.2, 0) is 11.8 Å². The maximum Gasteiger partial charge on any atom is 0.234 e. The van der Waals surface area contributed by atoms with E-state index in [2.05, 4.69) is 31.4 Å². The molecule has 6 nitrogen and oxygen atoms in total. The van der Waals surface area contributed by atoms with Gasteiger partial charge in [-0.05, 0) is 49.7 Å². The smallest absolute Gasteiger partial charge is 0.234 e. The fourth-order valence-electron chi connectivity index (χ4n) is 2.60. The van der Waals surface area contributed by atoms with Gasteiger partial charge >= 0.3 is 0 Å². The van der Waals surface area contributed by atoms with Crippen molar-refractivity contribution in [3.8, 4) is 5.75 Å². The van der Waals surface area contributed by atoms with Crippen LogP contribution >= 0.6 is 27.7 Å². The minimum Gasteiger partial charge on any atom is -0.482 e. The Kier molecular flexibility index (Phi) is 6.74. The van der Waals surface area contributed by atoms with E-state index in [1.165, 1.54) is 11.8 Å². The summed E-state index contributed by atoms with van der Waals surface area (Å²) in [5, 5.41) is 12.0. The third kappa shape index (κ3) is 5.14. The number of carbonyl (C=O) groups is 1. The Bertz CT molecular complexity index is 959. The minimum absolute atomic E-state index is 0.0962. The molecule has 0 radical (unpaired) electrons. The first kappa shape index (κ1) is 20.4. The molecule has 0 aliphatic heterocycles. The van der Waals surface area contributed by atoms with Crippen LogP contribution in [0.1, 0.15) is 24.4 Å². The lowest BCUT2D eigenvalue weighted by molar-refractivity contribution is -0.113. The molecule has 1 unspecified atom stereocenters. The second kappa shape index (κ2) is 9.25. The van der Waals surface area contributed by atoms with Crippen LogP contribution in [0.5, 0.6) is 5.75 Å². The molecule has 0 aliphatic rings. The Morgan fingerprint density at radius 1 is 1.21 bits per heavy atom. The van der Waals surface area contributed by atoms with E-state index >= 15 is 0 Å². The lowest BCUT2D eigenvalue weighted by Gasteiger charge is -2.15. The highest BCUT2D eigenvalue weighted by molar-refractivity contribution is 9.10. The molecule has 1 N–H and O–H groups in total. The number of benzene rings is 2. The predicted octanol–water partition coefficient (Wildman–Crippen LogP) is 4.76. The summed E-state index contributed by atoms with van der Waals surface area (Å²) in [5.74, 6) is 1.68. The third-order valence-electron chi connectivity index (χ3n) is 4.09. The van der Waals surface area contributed by atoms with Crippen LogP contribution in [0.4, 0.5) is 5.69 Å². The number of hydrogen-bond donors (Lipinski definition) is 1. The van der Waals surface area contributed by atoms with Gasteiger partial charge in [-0.1, -0.05) is 45.9 Å². The number of halogens is 1. The van der Waals surface area contributed by atoms with E-state index in [9.17, 15) is 4.79 Å². The van der Waals surface area contributed by atoms with Crippen molar-refractivity contribution in [1.82, 2.24) is 14.8 Å². The van der Waals surface area contributed by atoms with Gasteiger partial charge in [0, 0.05) is 17.2 Å². The quantitative estimate of drug-likeness (QED) is 0.514. The average Bonchev–Trinajstić information content (AvgIpc) is 3.04. The fraction of sp³-hybridized carbons (Fsp3) is 0.250. The standard InChI is InChI=1S/C20H21BrN4O2S/c1-13-6-4-5-7-17(13)27-14(2)19-23-24-20(25(19)3)28-12-18(26)22-16-10-8-15(21)9-11-16/h4-11,14H,12H2,1-3H3,(H,22,26). The number of thioether (sulfide) groups is 1. The zero-order valence-electron chi connectivity index (χ0n) is 15.8. The van der Waals surface area contributed by atoms with E-state index in [1.807, 2.05) is 74.0 Å². The molecular formula is C20H21BrN4O2S. The second-order valence-electron chi connectivity index (χ2n) is 6.27. The van der Waals surface area contributed by atoms with Gasteiger partial charge in [0.1, 0.15) is 5.75 Å². The van der Waals surface area contributed by atoms with Gasteiger partial charge in [-0.3, -0.25) is 4.79 Å². The molecule has 0 bridgehead atoms. The number of aromatic nitrogens is 3. The van der Waals surface area contributed by atoms with Gasteiger partial charge in [0.15, 0.2) is 17.1 Å². The lowest BCUT2D eigenvalue weighted by atomic mass is 10.2. The summed E-state index contributed by atoms with van der Waals surface area (Å²) < 4.78 is 8.85. The maximum atomic E-state index is 12.2. The molecule has 0 saturated heterocycles. The highest BCUT2D eigenvalue weighted by Gasteiger charge is 2.18. The Morgan fingerprint density at radius 3 is 2.64 bits per heavy atom. The molecule has 1 aromatic heterocycles. The van der Waals surface area contributed by atoms with Crippen molar-refractivity contribution in [2.75, 3.05) is 11.1 Å². The Labute approximate surface area is 176 Å². The van der Waals surface area contributed by atoms with Gasteiger partial charge in [0.25, 0.3) is 0 Å². The van der Waals surface area contributed by atoms with Crippen LogP contribution in [0, 0.1) is 6.92 Å². The SMILES string of the molecule is Cc1ccccc1OC(C)c1nnc(SCC(=O)Nc2ccc(Br)cc2)n1C. The molecule has 8 heteroatoms. The van der Waals surface area contributed by atoms with E-state index in [0.29, 0.717) is 11.0 Å². The van der Waals surface area contributed by atoms with Crippen LogP contribution in [-0.4, -0.2) is 26.4 Å². The van der Waals surface area contributed by atoms with Gasteiger partial charge in [0.2, 0.25) is 5.91 Å². The fourth-order valence-corrected chi connectivity index (χ4v) is 3.58. The molecule has 0 fully saturated rings. The molecule has 3 rings (SSSR count). The zero-order chi connectivity index (χ0) is 20.1. The van der Waals surface area contributed by atoms with Gasteiger partial charge < -0.3 is 14.6 Å². The van der Waals surface area contributed by atoms with Crippen molar-refractivity contribution >= 4 is 39.3 Å². The average molecular weight is 461 g/mol. The Balaban J connectivity index is 1.58. The van der Waals surface area contributed by atoms with Crippen LogP contribution in [0.2, 0.25) is 0 Å². The summed E-state index contributed by atoms with van der Waals surface area (Å²) in [6, 6.07) is 15.3. The van der Waals surface area contributed by atoms with Gasteiger partial charge in [0.05, 0.1) is 5.75 Å². The lowest BCUT2D eigenvalue weighted by Crippen LogP contribution is -2.14. The molecule has 0 saturated carbocycles. The van der Waals surface area contributed by atoms with Crippen molar-refractivity contribution in [1.29, 1.82) is 0 Å². The largest absolute Gasteiger partial charge is 0.482 e.